The fourth-order valence-corrected chi connectivity index (χ4v) is 4.82. The van der Waals surface area contributed by atoms with Crippen LogP contribution in [0.2, 0.25) is 5.02 Å². The molecule has 164 valence electrons. The number of ether oxygens (including phenoxy) is 2. The fraction of sp³-hybridized carbons (Fsp3) is 0.174. The SMILES string of the molecule is COCCN1C(=O)/C(=C/c2cn(-c3ccccc3)nc2-c2ccc(OC)c(Cl)c2)SC1=S. The van der Waals surface area contributed by atoms with E-state index in [4.69, 9.17) is 38.4 Å². The van der Waals surface area contributed by atoms with Crippen LogP contribution in [0.3, 0.4) is 0 Å². The van der Waals surface area contributed by atoms with Crippen molar-refractivity contribution in [2.24, 2.45) is 0 Å². The van der Waals surface area contributed by atoms with Crippen molar-refractivity contribution in [1.29, 1.82) is 0 Å². The minimum Gasteiger partial charge on any atom is -0.495 e. The molecule has 4 rings (SSSR count). The summed E-state index contributed by atoms with van der Waals surface area (Å²) >= 11 is 13.0. The van der Waals surface area contributed by atoms with Gasteiger partial charge in [-0.15, -0.1) is 0 Å². The Labute approximate surface area is 200 Å². The Morgan fingerprint density at radius 3 is 2.66 bits per heavy atom. The molecule has 0 N–H and O–H groups in total. The van der Waals surface area contributed by atoms with Crippen molar-refractivity contribution in [3.8, 4) is 22.7 Å². The van der Waals surface area contributed by atoms with Gasteiger partial charge < -0.3 is 9.47 Å². The van der Waals surface area contributed by atoms with E-state index in [2.05, 4.69) is 0 Å². The number of thioether (sulfide) groups is 1. The third-order valence-corrected chi connectivity index (χ3v) is 6.54. The van der Waals surface area contributed by atoms with Gasteiger partial charge in [0, 0.05) is 24.4 Å². The van der Waals surface area contributed by atoms with E-state index in [1.54, 1.807) is 35.9 Å². The van der Waals surface area contributed by atoms with Crippen LogP contribution in [0.4, 0.5) is 0 Å². The lowest BCUT2D eigenvalue weighted by Gasteiger charge is -2.12. The van der Waals surface area contributed by atoms with Crippen LogP contribution in [-0.2, 0) is 9.53 Å². The van der Waals surface area contributed by atoms with Gasteiger partial charge in [0.05, 0.1) is 35.9 Å². The van der Waals surface area contributed by atoms with Crippen molar-refractivity contribution < 1.29 is 14.3 Å². The number of rotatable bonds is 7. The molecule has 0 unspecified atom stereocenters. The van der Waals surface area contributed by atoms with E-state index in [1.807, 2.05) is 48.7 Å². The summed E-state index contributed by atoms with van der Waals surface area (Å²) in [6, 6.07) is 15.3. The summed E-state index contributed by atoms with van der Waals surface area (Å²) in [6.45, 7) is 0.837. The molecule has 1 aliphatic rings. The number of benzene rings is 2. The minimum absolute atomic E-state index is 0.136. The van der Waals surface area contributed by atoms with Gasteiger partial charge in [-0.2, -0.15) is 5.10 Å². The van der Waals surface area contributed by atoms with Crippen LogP contribution in [0, 0.1) is 0 Å². The number of amides is 1. The highest BCUT2D eigenvalue weighted by atomic mass is 35.5. The van der Waals surface area contributed by atoms with Gasteiger partial charge in [-0.25, -0.2) is 4.68 Å². The first-order valence-electron chi connectivity index (χ1n) is 9.75. The number of hydrogen-bond acceptors (Lipinski definition) is 6. The maximum Gasteiger partial charge on any atom is 0.266 e. The molecule has 0 radical (unpaired) electrons. The van der Waals surface area contributed by atoms with Gasteiger partial charge in [0.25, 0.3) is 5.91 Å². The molecule has 0 spiro atoms. The zero-order valence-electron chi connectivity index (χ0n) is 17.4. The van der Waals surface area contributed by atoms with E-state index in [9.17, 15) is 4.79 Å². The maximum absolute atomic E-state index is 12.9. The van der Waals surface area contributed by atoms with Crippen molar-refractivity contribution in [2.75, 3.05) is 27.4 Å². The minimum atomic E-state index is -0.136. The zero-order valence-corrected chi connectivity index (χ0v) is 19.8. The third-order valence-electron chi connectivity index (χ3n) is 4.87. The average Bonchev–Trinajstić information content (AvgIpc) is 3.34. The molecule has 6 nitrogen and oxygen atoms in total. The average molecular weight is 486 g/mol. The zero-order chi connectivity index (χ0) is 22.7. The number of carbonyl (C=O) groups excluding carboxylic acids is 1. The molecule has 2 heterocycles. The Morgan fingerprint density at radius 2 is 1.97 bits per heavy atom. The smallest absolute Gasteiger partial charge is 0.266 e. The second-order valence-corrected chi connectivity index (χ2v) is 8.97. The van der Waals surface area contributed by atoms with E-state index < -0.39 is 0 Å². The van der Waals surface area contributed by atoms with Gasteiger partial charge in [-0.1, -0.05) is 53.8 Å². The molecular formula is C23H20ClN3O3S2. The molecule has 1 aliphatic heterocycles. The highest BCUT2D eigenvalue weighted by Gasteiger charge is 2.32. The molecular weight excluding hydrogens is 466 g/mol. The second kappa shape index (κ2) is 9.87. The molecule has 1 amide bonds. The Bertz CT molecular complexity index is 1190. The van der Waals surface area contributed by atoms with Crippen LogP contribution in [-0.4, -0.2) is 52.3 Å². The predicted octanol–water partition coefficient (Wildman–Crippen LogP) is 5.05. The van der Waals surface area contributed by atoms with Gasteiger partial charge in [0.1, 0.15) is 15.8 Å². The lowest BCUT2D eigenvalue weighted by Crippen LogP contribution is -2.31. The first kappa shape index (κ1) is 22.5. The monoisotopic (exact) mass is 485 g/mol. The summed E-state index contributed by atoms with van der Waals surface area (Å²) < 4.78 is 12.7. The summed E-state index contributed by atoms with van der Waals surface area (Å²) in [5, 5.41) is 5.27. The van der Waals surface area contributed by atoms with Gasteiger partial charge in [0.2, 0.25) is 0 Å². The lowest BCUT2D eigenvalue weighted by molar-refractivity contribution is -0.122. The predicted molar refractivity (Wildman–Crippen MR) is 132 cm³/mol. The van der Waals surface area contributed by atoms with Crippen molar-refractivity contribution >= 4 is 51.9 Å². The van der Waals surface area contributed by atoms with Gasteiger partial charge in [0.15, 0.2) is 0 Å². The molecule has 9 heteroatoms. The van der Waals surface area contributed by atoms with Gasteiger partial charge in [-0.3, -0.25) is 9.69 Å². The normalized spacial score (nSPS) is 15.1. The number of aromatic nitrogens is 2. The Kier molecular flexibility index (Phi) is 6.95. The number of halogens is 1. The first-order valence-corrected chi connectivity index (χ1v) is 11.4. The Balaban J connectivity index is 1.78. The second-order valence-electron chi connectivity index (χ2n) is 6.89. The highest BCUT2D eigenvalue weighted by molar-refractivity contribution is 8.26. The third kappa shape index (κ3) is 4.59. The van der Waals surface area contributed by atoms with Crippen LogP contribution in [0.25, 0.3) is 23.0 Å². The topological polar surface area (TPSA) is 56.6 Å². The van der Waals surface area contributed by atoms with Crippen molar-refractivity contribution in [2.45, 2.75) is 0 Å². The fourth-order valence-electron chi connectivity index (χ4n) is 3.26. The van der Waals surface area contributed by atoms with Crippen molar-refractivity contribution in [3.05, 3.63) is 70.2 Å². The molecule has 1 fully saturated rings. The molecule has 3 aromatic rings. The standard InChI is InChI=1S/C23H20ClN3O3S2/c1-29-11-10-26-22(28)20(32-23(26)31)13-16-14-27(17-6-4-3-5-7-17)25-21(16)15-8-9-19(30-2)18(24)12-15/h3-9,12-14H,10-11H2,1-2H3/b20-13-. The van der Waals surface area contributed by atoms with E-state index in [1.165, 1.54) is 11.8 Å². The Hall–Kier alpha value is -2.65. The number of hydrogen-bond donors (Lipinski definition) is 0. The number of carbonyl (C=O) groups is 1. The Morgan fingerprint density at radius 1 is 1.19 bits per heavy atom. The van der Waals surface area contributed by atoms with E-state index >= 15 is 0 Å². The van der Waals surface area contributed by atoms with Crippen molar-refractivity contribution in [1.82, 2.24) is 14.7 Å². The van der Waals surface area contributed by atoms with E-state index in [0.717, 1.165) is 16.8 Å². The highest BCUT2D eigenvalue weighted by Crippen LogP contribution is 2.36. The van der Waals surface area contributed by atoms with Crippen LogP contribution < -0.4 is 4.74 Å². The van der Waals surface area contributed by atoms with Crippen molar-refractivity contribution in [3.63, 3.8) is 0 Å². The number of para-hydroxylation sites is 1. The molecule has 1 aromatic heterocycles. The molecule has 0 atom stereocenters. The van der Waals surface area contributed by atoms with Crippen LogP contribution in [0.5, 0.6) is 5.75 Å². The molecule has 32 heavy (non-hydrogen) atoms. The van der Waals surface area contributed by atoms with Gasteiger partial charge >= 0.3 is 0 Å². The quantitative estimate of drug-likeness (QED) is 0.345. The van der Waals surface area contributed by atoms with Crippen LogP contribution in [0.1, 0.15) is 5.56 Å². The number of nitrogens with zero attached hydrogens (tertiary/aromatic N) is 3. The molecule has 2 aromatic carbocycles. The summed E-state index contributed by atoms with van der Waals surface area (Å²) in [7, 11) is 3.17. The largest absolute Gasteiger partial charge is 0.495 e. The van der Waals surface area contributed by atoms with Gasteiger partial charge in [-0.05, 0) is 36.4 Å². The summed E-state index contributed by atoms with van der Waals surface area (Å²) in [6.07, 6.45) is 3.72. The van der Waals surface area contributed by atoms with Crippen LogP contribution >= 0.6 is 35.6 Å². The summed E-state index contributed by atoms with van der Waals surface area (Å²) in [5.74, 6) is 0.446. The molecule has 0 aliphatic carbocycles. The molecule has 1 saturated heterocycles. The van der Waals surface area contributed by atoms with Crippen LogP contribution in [0.15, 0.2) is 59.6 Å². The number of thiocarbonyl (C=S) groups is 1. The molecule has 0 saturated carbocycles. The molecule has 0 bridgehead atoms. The summed E-state index contributed by atoms with van der Waals surface area (Å²) in [4.78, 5) is 15.0. The van der Waals surface area contributed by atoms with E-state index in [0.29, 0.717) is 38.8 Å². The van der Waals surface area contributed by atoms with E-state index in [-0.39, 0.29) is 5.91 Å². The first-order chi connectivity index (χ1) is 15.5. The lowest BCUT2D eigenvalue weighted by atomic mass is 10.1. The number of methoxy groups -OCH3 is 2. The summed E-state index contributed by atoms with van der Waals surface area (Å²) in [5.41, 5.74) is 3.19. The maximum atomic E-state index is 12.9.